The van der Waals surface area contributed by atoms with Crippen molar-refractivity contribution in [2.45, 2.75) is 58.0 Å². The molecule has 0 aromatic heterocycles. The summed E-state index contributed by atoms with van der Waals surface area (Å²) < 4.78 is 0. The van der Waals surface area contributed by atoms with Crippen LogP contribution in [0, 0.1) is 0 Å². The van der Waals surface area contributed by atoms with Gasteiger partial charge in [-0.1, -0.05) is 55.8 Å². The molecular formula is C20H25NO. The van der Waals surface area contributed by atoms with E-state index in [1.807, 2.05) is 0 Å². The smallest absolute Gasteiger partial charge is 0.164 e. The molecule has 22 heavy (non-hydrogen) atoms. The Bertz CT molecular complexity index is 599. The summed E-state index contributed by atoms with van der Waals surface area (Å²) in [6.45, 7) is 4.50. The van der Waals surface area contributed by atoms with Crippen molar-refractivity contribution in [2.24, 2.45) is 0 Å². The normalized spacial score (nSPS) is 22.7. The zero-order valence-corrected chi connectivity index (χ0v) is 13.6. The summed E-state index contributed by atoms with van der Waals surface area (Å²) in [6, 6.07) is 11.4. The molecule has 1 aromatic rings. The fourth-order valence-corrected chi connectivity index (χ4v) is 3.75. The maximum atomic E-state index is 12.3. The Hall–Kier alpha value is -1.83. The molecule has 1 aromatic carbocycles. The highest BCUT2D eigenvalue weighted by molar-refractivity contribution is 5.99. The van der Waals surface area contributed by atoms with Crippen molar-refractivity contribution in [1.29, 1.82) is 0 Å². The molecule has 0 radical (unpaired) electrons. The average molecular weight is 295 g/mol. The van der Waals surface area contributed by atoms with Crippen LogP contribution >= 0.6 is 0 Å². The van der Waals surface area contributed by atoms with E-state index in [9.17, 15) is 4.79 Å². The first-order valence-electron chi connectivity index (χ1n) is 8.50. The molecule has 0 saturated heterocycles. The van der Waals surface area contributed by atoms with Gasteiger partial charge in [-0.25, -0.2) is 0 Å². The average Bonchev–Trinajstić information content (AvgIpc) is 2.55. The zero-order chi connectivity index (χ0) is 15.5. The summed E-state index contributed by atoms with van der Waals surface area (Å²) >= 11 is 0. The van der Waals surface area contributed by atoms with Gasteiger partial charge in [-0.3, -0.25) is 4.79 Å². The first kappa shape index (κ1) is 15.1. The molecule has 3 rings (SSSR count). The van der Waals surface area contributed by atoms with Crippen LogP contribution in [-0.4, -0.2) is 16.7 Å². The van der Waals surface area contributed by atoms with Crippen molar-refractivity contribution < 1.29 is 4.79 Å². The Morgan fingerprint density at radius 1 is 1.23 bits per heavy atom. The van der Waals surface area contributed by atoms with E-state index in [1.54, 1.807) is 0 Å². The third-order valence-corrected chi connectivity index (χ3v) is 4.87. The molecule has 0 N–H and O–H groups in total. The van der Waals surface area contributed by atoms with Crippen LogP contribution in [0.4, 0.5) is 0 Å². The SMILES string of the molecule is CCC[C@@H]1C=CC2=C(CCCC2=O)N1[C@@H](C)c1ccccc1. The van der Waals surface area contributed by atoms with E-state index in [2.05, 4.69) is 61.2 Å². The van der Waals surface area contributed by atoms with E-state index >= 15 is 0 Å². The maximum absolute atomic E-state index is 12.3. The lowest BCUT2D eigenvalue weighted by molar-refractivity contribution is -0.116. The Labute approximate surface area is 133 Å². The van der Waals surface area contributed by atoms with Gasteiger partial charge in [-0.2, -0.15) is 0 Å². The van der Waals surface area contributed by atoms with Crippen molar-refractivity contribution in [3.63, 3.8) is 0 Å². The van der Waals surface area contributed by atoms with Gasteiger partial charge in [0.2, 0.25) is 0 Å². The minimum atomic E-state index is 0.304. The van der Waals surface area contributed by atoms with Crippen LogP contribution in [0.15, 0.2) is 53.8 Å². The Kier molecular flexibility index (Phi) is 4.47. The van der Waals surface area contributed by atoms with E-state index in [4.69, 9.17) is 0 Å². The molecule has 0 unspecified atom stereocenters. The zero-order valence-electron chi connectivity index (χ0n) is 13.6. The number of benzene rings is 1. The predicted octanol–water partition coefficient (Wildman–Crippen LogP) is 4.80. The second-order valence-electron chi connectivity index (χ2n) is 6.35. The Morgan fingerprint density at radius 3 is 2.73 bits per heavy atom. The van der Waals surface area contributed by atoms with Crippen LogP contribution in [-0.2, 0) is 4.79 Å². The molecule has 0 amide bonds. The van der Waals surface area contributed by atoms with Crippen LogP contribution in [0.3, 0.4) is 0 Å². The first-order chi connectivity index (χ1) is 10.7. The molecule has 2 nitrogen and oxygen atoms in total. The number of Topliss-reactive ketones (excluding diaryl/α,β-unsaturated/α-hetero) is 1. The van der Waals surface area contributed by atoms with Gasteiger partial charge in [0.1, 0.15) is 0 Å². The van der Waals surface area contributed by atoms with Gasteiger partial charge in [0.25, 0.3) is 0 Å². The van der Waals surface area contributed by atoms with Crippen LogP contribution < -0.4 is 0 Å². The molecule has 1 heterocycles. The van der Waals surface area contributed by atoms with Crippen molar-refractivity contribution in [3.8, 4) is 0 Å². The fraction of sp³-hybridized carbons (Fsp3) is 0.450. The molecule has 1 aliphatic heterocycles. The summed E-state index contributed by atoms with van der Waals surface area (Å²) in [5.74, 6) is 0.317. The van der Waals surface area contributed by atoms with E-state index in [1.165, 1.54) is 11.3 Å². The second kappa shape index (κ2) is 6.51. The molecule has 116 valence electrons. The van der Waals surface area contributed by atoms with E-state index in [0.717, 1.165) is 31.3 Å². The van der Waals surface area contributed by atoms with Gasteiger partial charge >= 0.3 is 0 Å². The lowest BCUT2D eigenvalue weighted by Gasteiger charge is -2.43. The van der Waals surface area contributed by atoms with E-state index in [0.29, 0.717) is 24.3 Å². The van der Waals surface area contributed by atoms with Gasteiger partial charge in [0, 0.05) is 23.7 Å². The number of allylic oxidation sites excluding steroid dienone is 3. The molecule has 0 saturated carbocycles. The molecule has 0 fully saturated rings. The number of rotatable bonds is 4. The topological polar surface area (TPSA) is 20.3 Å². The lowest BCUT2D eigenvalue weighted by Crippen LogP contribution is -2.40. The highest BCUT2D eigenvalue weighted by Gasteiger charge is 2.32. The van der Waals surface area contributed by atoms with E-state index < -0.39 is 0 Å². The summed E-state index contributed by atoms with van der Waals surface area (Å²) in [4.78, 5) is 14.8. The van der Waals surface area contributed by atoms with Crippen molar-refractivity contribution in [2.75, 3.05) is 0 Å². The van der Waals surface area contributed by atoms with Crippen molar-refractivity contribution in [1.82, 2.24) is 4.90 Å². The highest BCUT2D eigenvalue weighted by Crippen LogP contribution is 2.38. The summed E-state index contributed by atoms with van der Waals surface area (Å²) in [7, 11) is 0. The minimum Gasteiger partial charge on any atom is -0.361 e. The van der Waals surface area contributed by atoms with Crippen LogP contribution in [0.25, 0.3) is 0 Å². The van der Waals surface area contributed by atoms with Gasteiger partial charge in [-0.05, 0) is 31.7 Å². The lowest BCUT2D eigenvalue weighted by atomic mass is 9.87. The number of carbonyl (C=O) groups excluding carboxylic acids is 1. The molecule has 2 heteroatoms. The van der Waals surface area contributed by atoms with Crippen LogP contribution in [0.1, 0.15) is 57.6 Å². The standard InChI is InChI=1S/C20H25NO/c1-3-8-17-13-14-18-19(11-7-12-20(18)22)21(17)15(2)16-9-5-4-6-10-16/h4-6,9-10,13-15,17H,3,7-8,11-12H2,1-2H3/t15-,17+/m0/s1. The number of ketones is 1. The summed E-state index contributed by atoms with van der Waals surface area (Å²) in [6.07, 6.45) is 9.35. The molecule has 2 aliphatic rings. The minimum absolute atomic E-state index is 0.304. The molecule has 2 atom stereocenters. The van der Waals surface area contributed by atoms with Crippen LogP contribution in [0.2, 0.25) is 0 Å². The monoisotopic (exact) mass is 295 g/mol. The second-order valence-corrected chi connectivity index (χ2v) is 6.35. The largest absolute Gasteiger partial charge is 0.361 e. The van der Waals surface area contributed by atoms with Crippen LogP contribution in [0.5, 0.6) is 0 Å². The Balaban J connectivity index is 1.99. The Morgan fingerprint density at radius 2 is 2.00 bits per heavy atom. The summed E-state index contributed by atoms with van der Waals surface area (Å²) in [5.41, 5.74) is 3.55. The van der Waals surface area contributed by atoms with Crippen molar-refractivity contribution in [3.05, 3.63) is 59.3 Å². The number of hydrogen-bond acceptors (Lipinski definition) is 2. The van der Waals surface area contributed by atoms with Gasteiger partial charge < -0.3 is 4.90 Å². The molecule has 0 bridgehead atoms. The van der Waals surface area contributed by atoms with Crippen molar-refractivity contribution >= 4 is 5.78 Å². The third kappa shape index (κ3) is 2.75. The maximum Gasteiger partial charge on any atom is 0.164 e. The predicted molar refractivity (Wildman–Crippen MR) is 90.4 cm³/mol. The third-order valence-electron chi connectivity index (χ3n) is 4.87. The number of hydrogen-bond donors (Lipinski definition) is 0. The summed E-state index contributed by atoms with van der Waals surface area (Å²) in [5, 5.41) is 0. The number of carbonyl (C=O) groups is 1. The molecule has 1 aliphatic carbocycles. The van der Waals surface area contributed by atoms with Gasteiger partial charge in [0.05, 0.1) is 6.04 Å². The highest BCUT2D eigenvalue weighted by atomic mass is 16.1. The first-order valence-corrected chi connectivity index (χ1v) is 8.50. The van der Waals surface area contributed by atoms with Gasteiger partial charge in [0.15, 0.2) is 5.78 Å². The molecule has 0 spiro atoms. The quantitative estimate of drug-likeness (QED) is 0.795. The van der Waals surface area contributed by atoms with Gasteiger partial charge in [-0.15, -0.1) is 0 Å². The molecular weight excluding hydrogens is 270 g/mol. The number of nitrogens with zero attached hydrogens (tertiary/aromatic N) is 1. The fourth-order valence-electron chi connectivity index (χ4n) is 3.75. The van der Waals surface area contributed by atoms with E-state index in [-0.39, 0.29) is 0 Å².